The monoisotopic (exact) mass is 378 g/mol. The van der Waals surface area contributed by atoms with Crippen molar-refractivity contribution >= 4 is 23.1 Å². The van der Waals surface area contributed by atoms with E-state index in [0.717, 1.165) is 22.4 Å². The van der Waals surface area contributed by atoms with Gasteiger partial charge in [-0.2, -0.15) is 0 Å². The lowest BCUT2D eigenvalue weighted by Crippen LogP contribution is -2.48. The van der Waals surface area contributed by atoms with Crippen molar-refractivity contribution in [3.8, 4) is 0 Å². The van der Waals surface area contributed by atoms with Gasteiger partial charge in [0, 0.05) is 30.4 Å². The third-order valence-electron chi connectivity index (χ3n) is 5.68. The van der Waals surface area contributed by atoms with Crippen LogP contribution in [0.5, 0.6) is 0 Å². The zero-order valence-corrected chi connectivity index (χ0v) is 15.4. The summed E-state index contributed by atoms with van der Waals surface area (Å²) in [6, 6.07) is 3.37. The quantitative estimate of drug-likeness (QED) is 0.483. The van der Waals surface area contributed by atoms with E-state index in [-0.39, 0.29) is 11.5 Å². The van der Waals surface area contributed by atoms with E-state index in [2.05, 4.69) is 20.8 Å². The molecule has 3 aromatic heterocycles. The third-order valence-corrected chi connectivity index (χ3v) is 5.68. The Bertz CT molecular complexity index is 1200. The molecule has 0 saturated heterocycles. The second-order valence-electron chi connectivity index (χ2n) is 7.09. The van der Waals surface area contributed by atoms with Gasteiger partial charge in [0.15, 0.2) is 5.66 Å². The highest BCUT2D eigenvalue weighted by atomic mass is 16.5. The summed E-state index contributed by atoms with van der Waals surface area (Å²) < 4.78 is 6.50. The van der Waals surface area contributed by atoms with E-state index in [9.17, 15) is 9.59 Å². The number of nitrogens with one attached hydrogen (secondary N) is 2. The van der Waals surface area contributed by atoms with Crippen LogP contribution in [0.25, 0.3) is 0 Å². The molecule has 3 aromatic rings. The topological polar surface area (TPSA) is 128 Å². The molecular formula is C19H18N6O3. The average molecular weight is 378 g/mol. The van der Waals surface area contributed by atoms with E-state index >= 15 is 0 Å². The van der Waals surface area contributed by atoms with Crippen molar-refractivity contribution in [1.82, 2.24) is 20.0 Å². The molecule has 1 unspecified atom stereocenters. The first kappa shape index (κ1) is 16.5. The Balaban J connectivity index is 1.80. The third kappa shape index (κ3) is 1.95. The fraction of sp³-hybridized carbons (Fsp3) is 0.263. The summed E-state index contributed by atoms with van der Waals surface area (Å²) >= 11 is 0. The summed E-state index contributed by atoms with van der Waals surface area (Å²) in [6.45, 7) is 3.75. The molecule has 0 radical (unpaired) electrons. The number of amides is 1. The molecule has 1 amide bonds. The van der Waals surface area contributed by atoms with Gasteiger partial charge >= 0.3 is 0 Å². The Morgan fingerprint density at radius 1 is 1.39 bits per heavy atom. The Kier molecular flexibility index (Phi) is 3.22. The number of pyridine rings is 2. The fourth-order valence-corrected chi connectivity index (χ4v) is 4.24. The molecule has 2 aliphatic heterocycles. The highest BCUT2D eigenvalue weighted by Gasteiger charge is 2.47. The van der Waals surface area contributed by atoms with Gasteiger partial charge in [0.25, 0.3) is 11.5 Å². The first-order valence-corrected chi connectivity index (χ1v) is 9.00. The van der Waals surface area contributed by atoms with Crippen molar-refractivity contribution in [2.75, 3.05) is 11.1 Å². The molecule has 0 aromatic carbocycles. The Hall–Kier alpha value is -3.62. The number of nitrogens with zero attached hydrogens (tertiary/aromatic N) is 3. The molecule has 142 valence electrons. The lowest BCUT2D eigenvalue weighted by molar-refractivity contribution is 0.0930. The van der Waals surface area contributed by atoms with Crippen molar-refractivity contribution in [2.45, 2.75) is 32.4 Å². The molecule has 9 heteroatoms. The van der Waals surface area contributed by atoms with Crippen LogP contribution in [0.15, 0.2) is 33.9 Å². The number of aromatic nitrogens is 3. The number of anilines is 3. The predicted octanol–water partition coefficient (Wildman–Crippen LogP) is 1.62. The van der Waals surface area contributed by atoms with Crippen LogP contribution in [0.4, 0.5) is 17.2 Å². The van der Waals surface area contributed by atoms with Gasteiger partial charge in [-0.15, -0.1) is 0 Å². The number of nitrogen functional groups attached to an aromatic ring is 1. The molecular weight excluding hydrogens is 360 g/mol. The minimum Gasteiger partial charge on any atom is -0.384 e. The second-order valence-corrected chi connectivity index (χ2v) is 7.09. The van der Waals surface area contributed by atoms with Crippen molar-refractivity contribution < 1.29 is 9.32 Å². The molecule has 28 heavy (non-hydrogen) atoms. The smallest absolute Gasteiger partial charge is 0.277 e. The number of carbonyl (C=O) groups excluding carboxylic acids is 1. The summed E-state index contributed by atoms with van der Waals surface area (Å²) in [6.07, 6.45) is 4.05. The van der Waals surface area contributed by atoms with Crippen LogP contribution in [0, 0.1) is 6.92 Å². The molecule has 2 aliphatic rings. The highest BCUT2D eigenvalue weighted by molar-refractivity contribution is 5.98. The first-order valence-electron chi connectivity index (χ1n) is 9.00. The van der Waals surface area contributed by atoms with Crippen LogP contribution in [0.2, 0.25) is 0 Å². The van der Waals surface area contributed by atoms with E-state index in [0.29, 0.717) is 35.7 Å². The van der Waals surface area contributed by atoms with Gasteiger partial charge in [0.05, 0.1) is 0 Å². The molecule has 4 N–H and O–H groups in total. The van der Waals surface area contributed by atoms with Crippen LogP contribution in [0.3, 0.4) is 0 Å². The zero-order valence-electron chi connectivity index (χ0n) is 15.4. The Morgan fingerprint density at radius 3 is 2.93 bits per heavy atom. The molecule has 0 saturated carbocycles. The van der Waals surface area contributed by atoms with Gasteiger partial charge in [0.2, 0.25) is 0 Å². The van der Waals surface area contributed by atoms with Gasteiger partial charge in [-0.05, 0) is 30.0 Å². The van der Waals surface area contributed by atoms with Crippen molar-refractivity contribution in [1.29, 1.82) is 0 Å². The zero-order chi connectivity index (χ0) is 19.6. The van der Waals surface area contributed by atoms with Crippen molar-refractivity contribution in [3.05, 3.63) is 63.0 Å². The highest BCUT2D eigenvalue weighted by Crippen LogP contribution is 2.38. The maximum Gasteiger partial charge on any atom is 0.277 e. The summed E-state index contributed by atoms with van der Waals surface area (Å²) in [5, 5.41) is 10.2. The van der Waals surface area contributed by atoms with Crippen LogP contribution in [-0.2, 0) is 12.1 Å². The van der Waals surface area contributed by atoms with E-state index < -0.39 is 5.66 Å². The average Bonchev–Trinajstić information content (AvgIpc) is 3.32. The van der Waals surface area contributed by atoms with Crippen LogP contribution in [-0.4, -0.2) is 20.6 Å². The lowest BCUT2D eigenvalue weighted by Gasteiger charge is -2.30. The minimum absolute atomic E-state index is 0.292. The molecule has 0 fully saturated rings. The Labute approximate surface area is 159 Å². The van der Waals surface area contributed by atoms with Gasteiger partial charge in [-0.25, -0.2) is 4.98 Å². The number of hydrogen-bond acceptors (Lipinski definition) is 7. The Morgan fingerprint density at radius 2 is 2.21 bits per heavy atom. The number of rotatable bonds is 2. The van der Waals surface area contributed by atoms with Crippen LogP contribution in [0.1, 0.15) is 46.2 Å². The second kappa shape index (κ2) is 5.44. The molecule has 0 spiro atoms. The molecule has 0 aliphatic carbocycles. The van der Waals surface area contributed by atoms with E-state index in [1.54, 1.807) is 18.3 Å². The van der Waals surface area contributed by atoms with Crippen molar-refractivity contribution in [2.24, 2.45) is 0 Å². The van der Waals surface area contributed by atoms with E-state index in [4.69, 9.17) is 10.3 Å². The summed E-state index contributed by atoms with van der Waals surface area (Å²) in [4.78, 5) is 30.6. The normalized spacial score (nSPS) is 19.4. The van der Waals surface area contributed by atoms with Crippen molar-refractivity contribution in [3.63, 3.8) is 0 Å². The molecule has 1 atom stereocenters. The number of hydrogen-bond donors (Lipinski definition) is 3. The standard InChI is InChI=1S/C19H18N6O3/c1-3-19(13-4-5-28-24-13)23-17(26)16-9(2)11-6-10-8-21-14(20)7-12(10)22-15(11)18(27)25(16)19/h4-5,7-8,22H,3,6H2,1-2H3,(H2,20,21)(H,23,26). The van der Waals surface area contributed by atoms with Crippen LogP contribution >= 0.6 is 0 Å². The number of nitrogens with two attached hydrogens (primary N) is 1. The maximum atomic E-state index is 13.6. The fourth-order valence-electron chi connectivity index (χ4n) is 4.24. The van der Waals surface area contributed by atoms with Gasteiger partial charge in [-0.1, -0.05) is 12.1 Å². The predicted molar refractivity (Wildman–Crippen MR) is 102 cm³/mol. The number of fused-ring (bicyclic) bond motifs is 3. The maximum absolute atomic E-state index is 13.6. The minimum atomic E-state index is -1.09. The lowest BCUT2D eigenvalue weighted by atomic mass is 9.94. The van der Waals surface area contributed by atoms with E-state index in [1.807, 2.05) is 13.8 Å². The largest absolute Gasteiger partial charge is 0.384 e. The van der Waals surface area contributed by atoms with E-state index in [1.165, 1.54) is 10.8 Å². The number of carbonyl (C=O) groups is 1. The van der Waals surface area contributed by atoms with Gasteiger partial charge in [0.1, 0.15) is 29.2 Å². The summed E-state index contributed by atoms with van der Waals surface area (Å²) in [5.41, 5.74) is 8.90. The molecule has 5 heterocycles. The molecule has 9 nitrogen and oxygen atoms in total. The molecule has 5 rings (SSSR count). The summed E-state index contributed by atoms with van der Waals surface area (Å²) in [5.74, 6) is 0.0681. The summed E-state index contributed by atoms with van der Waals surface area (Å²) in [7, 11) is 0. The SMILES string of the molecule is CCC1(c2ccon2)NC(=O)c2c(C)c3c(c(=O)n21)Nc1cc(N)ncc1C3. The van der Waals surface area contributed by atoms with Crippen LogP contribution < -0.4 is 21.9 Å². The van der Waals surface area contributed by atoms with Gasteiger partial charge in [-0.3, -0.25) is 14.2 Å². The first-order chi connectivity index (χ1) is 13.5. The van der Waals surface area contributed by atoms with Gasteiger partial charge < -0.3 is 20.9 Å². The molecule has 0 bridgehead atoms.